The van der Waals surface area contributed by atoms with Crippen LogP contribution in [0.2, 0.25) is 5.02 Å². The maximum absolute atomic E-state index is 13.0. The Morgan fingerprint density at radius 1 is 0.889 bits per heavy atom. The summed E-state index contributed by atoms with van der Waals surface area (Å²) in [6.45, 7) is 0. The molecule has 3 nitrogen and oxygen atoms in total. The summed E-state index contributed by atoms with van der Waals surface area (Å²) in [4.78, 5) is 17.6. The Morgan fingerprint density at radius 2 is 1.67 bits per heavy atom. The predicted molar refractivity (Wildman–Crippen MR) is 113 cm³/mol. The second-order valence-corrected chi connectivity index (χ2v) is 7.57. The van der Waals surface area contributed by atoms with Crippen LogP contribution in [-0.4, -0.2) is 9.55 Å². The van der Waals surface area contributed by atoms with Gasteiger partial charge in [-0.15, -0.1) is 11.3 Å². The Labute approximate surface area is 164 Å². The van der Waals surface area contributed by atoms with Crippen LogP contribution < -0.4 is 5.56 Å². The lowest BCUT2D eigenvalue weighted by Crippen LogP contribution is -2.17. The van der Waals surface area contributed by atoms with Crippen LogP contribution in [0.15, 0.2) is 83.2 Å². The first-order chi connectivity index (χ1) is 13.2. The highest BCUT2D eigenvalue weighted by Gasteiger charge is 2.14. The number of fused-ring (bicyclic) bond motifs is 2. The second-order valence-electron chi connectivity index (χ2n) is 6.25. The summed E-state index contributed by atoms with van der Waals surface area (Å²) < 4.78 is 2.21. The molecule has 0 aliphatic carbocycles. The number of halogens is 1. The Bertz CT molecular complexity index is 1350. The molecule has 130 valence electrons. The number of benzene rings is 3. The molecule has 0 aliphatic rings. The maximum Gasteiger partial charge on any atom is 0.275 e. The van der Waals surface area contributed by atoms with Gasteiger partial charge in [-0.3, -0.25) is 9.36 Å². The summed E-state index contributed by atoms with van der Waals surface area (Å²) in [5, 5.41) is 4.98. The van der Waals surface area contributed by atoms with Gasteiger partial charge in [0.25, 0.3) is 5.56 Å². The van der Waals surface area contributed by atoms with Gasteiger partial charge in [0, 0.05) is 16.0 Å². The molecule has 0 fully saturated rings. The van der Waals surface area contributed by atoms with Gasteiger partial charge in [-0.1, -0.05) is 54.1 Å². The van der Waals surface area contributed by atoms with Crippen molar-refractivity contribution in [3.05, 3.63) is 93.8 Å². The molecule has 0 radical (unpaired) electrons. The molecule has 2 aromatic heterocycles. The first kappa shape index (κ1) is 16.2. The monoisotopic (exact) mass is 388 g/mol. The molecule has 5 heteroatoms. The quantitative estimate of drug-likeness (QED) is 0.376. The fourth-order valence-electron chi connectivity index (χ4n) is 3.35. The molecule has 0 atom stereocenters. The average molecular weight is 389 g/mol. The third-order valence-electron chi connectivity index (χ3n) is 4.66. The Hall–Kier alpha value is -2.95. The summed E-state index contributed by atoms with van der Waals surface area (Å²) in [5.41, 5.74) is 3.51. The lowest BCUT2D eigenvalue weighted by atomic mass is 10.00. The van der Waals surface area contributed by atoms with Gasteiger partial charge in [-0.2, -0.15) is 0 Å². The van der Waals surface area contributed by atoms with Crippen LogP contribution >= 0.6 is 22.9 Å². The first-order valence-electron chi connectivity index (χ1n) is 8.45. The third kappa shape index (κ3) is 2.65. The lowest BCUT2D eigenvalue weighted by molar-refractivity contribution is 0.967. The lowest BCUT2D eigenvalue weighted by Gasteiger charge is -2.07. The van der Waals surface area contributed by atoms with Crippen molar-refractivity contribution in [2.75, 3.05) is 0 Å². The van der Waals surface area contributed by atoms with E-state index in [0.29, 0.717) is 9.72 Å². The number of hydrogen-bond acceptors (Lipinski definition) is 3. The van der Waals surface area contributed by atoms with Crippen LogP contribution in [0.1, 0.15) is 0 Å². The molecule has 0 saturated carbocycles. The van der Waals surface area contributed by atoms with Crippen molar-refractivity contribution in [1.29, 1.82) is 0 Å². The van der Waals surface area contributed by atoms with Crippen molar-refractivity contribution in [3.63, 3.8) is 0 Å². The third-order valence-corrected chi connectivity index (χ3v) is 5.87. The molecule has 0 aliphatic heterocycles. The normalized spacial score (nSPS) is 11.3. The molecule has 0 N–H and O–H groups in total. The topological polar surface area (TPSA) is 34.9 Å². The second kappa shape index (κ2) is 6.34. The molecule has 2 heterocycles. The minimum atomic E-state index is -0.0705. The molecular weight excluding hydrogens is 376 g/mol. The largest absolute Gasteiger partial charge is 0.275 e. The minimum absolute atomic E-state index is 0.0705. The van der Waals surface area contributed by atoms with Gasteiger partial charge in [0.2, 0.25) is 0 Å². The van der Waals surface area contributed by atoms with E-state index in [4.69, 9.17) is 11.6 Å². The van der Waals surface area contributed by atoms with Gasteiger partial charge >= 0.3 is 0 Å². The Balaban J connectivity index is 1.73. The number of aromatic nitrogens is 2. The van der Waals surface area contributed by atoms with E-state index in [1.165, 1.54) is 16.7 Å². The van der Waals surface area contributed by atoms with Gasteiger partial charge in [0.1, 0.15) is 11.0 Å². The van der Waals surface area contributed by atoms with Gasteiger partial charge in [-0.05, 0) is 40.6 Å². The average Bonchev–Trinajstić information content (AvgIpc) is 3.13. The predicted octanol–water partition coefficient (Wildman–Crippen LogP) is 5.92. The Kier molecular flexibility index (Phi) is 3.81. The van der Waals surface area contributed by atoms with E-state index in [0.717, 1.165) is 27.7 Å². The smallest absolute Gasteiger partial charge is 0.267 e. The van der Waals surface area contributed by atoms with E-state index >= 15 is 0 Å². The van der Waals surface area contributed by atoms with Crippen molar-refractivity contribution in [3.8, 4) is 16.8 Å². The molecule has 27 heavy (non-hydrogen) atoms. The highest BCUT2D eigenvalue weighted by Crippen LogP contribution is 2.35. The molecular formula is C22H13ClN2OS. The van der Waals surface area contributed by atoms with Crippen molar-refractivity contribution in [2.24, 2.45) is 0 Å². The molecule has 5 rings (SSSR count). The van der Waals surface area contributed by atoms with Crippen LogP contribution in [0, 0.1) is 0 Å². The van der Waals surface area contributed by atoms with E-state index in [9.17, 15) is 4.79 Å². The summed E-state index contributed by atoms with van der Waals surface area (Å²) >= 11 is 7.39. The molecule has 5 aromatic rings. The van der Waals surface area contributed by atoms with E-state index in [1.807, 2.05) is 35.7 Å². The van der Waals surface area contributed by atoms with Gasteiger partial charge in [0.15, 0.2) is 0 Å². The fourth-order valence-corrected chi connectivity index (χ4v) is 4.42. The van der Waals surface area contributed by atoms with Crippen molar-refractivity contribution >= 4 is 43.9 Å². The van der Waals surface area contributed by atoms with E-state index in [2.05, 4.69) is 29.2 Å². The SMILES string of the molecule is O=c1c2scc(-c3cccc4ccccc34)c2ncn1-c1ccc(Cl)cc1. The minimum Gasteiger partial charge on any atom is -0.267 e. The summed E-state index contributed by atoms with van der Waals surface area (Å²) in [6.07, 6.45) is 1.59. The molecule has 0 unspecified atom stereocenters. The van der Waals surface area contributed by atoms with Gasteiger partial charge < -0.3 is 0 Å². The number of hydrogen-bond donors (Lipinski definition) is 0. The van der Waals surface area contributed by atoms with Crippen molar-refractivity contribution in [2.45, 2.75) is 0 Å². The number of rotatable bonds is 2. The fraction of sp³-hybridized carbons (Fsp3) is 0. The molecule has 0 saturated heterocycles. The van der Waals surface area contributed by atoms with Crippen LogP contribution in [0.4, 0.5) is 0 Å². The highest BCUT2D eigenvalue weighted by atomic mass is 35.5. The van der Waals surface area contributed by atoms with Crippen LogP contribution in [0.5, 0.6) is 0 Å². The van der Waals surface area contributed by atoms with Crippen molar-refractivity contribution in [1.82, 2.24) is 9.55 Å². The summed E-state index contributed by atoms with van der Waals surface area (Å²) in [6, 6.07) is 21.6. The zero-order valence-electron chi connectivity index (χ0n) is 14.1. The number of thiophene rings is 1. The van der Waals surface area contributed by atoms with Crippen molar-refractivity contribution < 1.29 is 0 Å². The van der Waals surface area contributed by atoms with Crippen LogP contribution in [-0.2, 0) is 0 Å². The Morgan fingerprint density at radius 3 is 2.52 bits per heavy atom. The van der Waals surface area contributed by atoms with E-state index in [1.54, 1.807) is 23.0 Å². The van der Waals surface area contributed by atoms with Crippen LogP contribution in [0.25, 0.3) is 37.8 Å². The molecule has 0 bridgehead atoms. The number of nitrogens with zero attached hydrogens (tertiary/aromatic N) is 2. The van der Waals surface area contributed by atoms with E-state index in [-0.39, 0.29) is 5.56 Å². The maximum atomic E-state index is 13.0. The van der Waals surface area contributed by atoms with Gasteiger partial charge in [-0.25, -0.2) is 4.98 Å². The molecule has 3 aromatic carbocycles. The highest BCUT2D eigenvalue weighted by molar-refractivity contribution is 7.17. The summed E-state index contributed by atoms with van der Waals surface area (Å²) in [5.74, 6) is 0. The zero-order valence-corrected chi connectivity index (χ0v) is 15.7. The summed E-state index contributed by atoms with van der Waals surface area (Å²) in [7, 11) is 0. The van der Waals surface area contributed by atoms with E-state index < -0.39 is 0 Å². The standard InChI is InChI=1S/C22H13ClN2OS/c23-15-8-10-16(11-9-15)25-13-24-20-19(12-27-21(20)22(25)26)18-7-3-5-14-4-1-2-6-17(14)18/h1-13H. The van der Waals surface area contributed by atoms with Crippen LogP contribution in [0.3, 0.4) is 0 Å². The molecule has 0 amide bonds. The van der Waals surface area contributed by atoms with Gasteiger partial charge in [0.05, 0.1) is 11.2 Å². The first-order valence-corrected chi connectivity index (χ1v) is 9.71. The molecule has 0 spiro atoms. The zero-order chi connectivity index (χ0) is 18.4.